The molecule has 1 aliphatic heterocycles. The summed E-state index contributed by atoms with van der Waals surface area (Å²) in [6.45, 7) is 6.80. The van der Waals surface area contributed by atoms with Crippen LogP contribution in [-0.2, 0) is 14.3 Å². The molecule has 1 aliphatic carbocycles. The summed E-state index contributed by atoms with van der Waals surface area (Å²) in [4.78, 5) is 26.8. The Morgan fingerprint density at radius 2 is 1.95 bits per heavy atom. The summed E-state index contributed by atoms with van der Waals surface area (Å²) in [6, 6.07) is -0.810. The van der Waals surface area contributed by atoms with Gasteiger partial charge < -0.3 is 15.0 Å². The van der Waals surface area contributed by atoms with E-state index >= 15 is 0 Å². The number of rotatable bonds is 5. The van der Waals surface area contributed by atoms with E-state index in [0.29, 0.717) is 19.1 Å². The van der Waals surface area contributed by atoms with Crippen molar-refractivity contribution in [3.8, 4) is 0 Å². The molecule has 3 atom stereocenters. The number of ether oxygens (including phenoxy) is 1. The van der Waals surface area contributed by atoms with Crippen molar-refractivity contribution in [1.29, 1.82) is 0 Å². The largest absolute Gasteiger partial charge is 0.380 e. The van der Waals surface area contributed by atoms with Crippen LogP contribution in [0.25, 0.3) is 0 Å². The van der Waals surface area contributed by atoms with Gasteiger partial charge >= 0.3 is 0 Å². The van der Waals surface area contributed by atoms with E-state index in [-0.39, 0.29) is 23.9 Å². The zero-order valence-corrected chi connectivity index (χ0v) is 13.4. The number of carbonyl (C=O) groups is 2. The van der Waals surface area contributed by atoms with Crippen LogP contribution in [0.1, 0.15) is 52.9 Å². The predicted octanol–water partition coefficient (Wildman–Crippen LogP) is 1.71. The van der Waals surface area contributed by atoms with Crippen molar-refractivity contribution in [2.24, 2.45) is 5.92 Å². The highest BCUT2D eigenvalue weighted by atomic mass is 16.5. The Morgan fingerprint density at radius 3 is 2.57 bits per heavy atom. The number of carbonyl (C=O) groups excluding carboxylic acids is 2. The Kier molecular flexibility index (Phi) is 5.62. The number of nitrogens with one attached hydrogen (secondary N) is 1. The molecule has 120 valence electrons. The second-order valence-corrected chi connectivity index (χ2v) is 6.31. The molecule has 2 aliphatic rings. The second-order valence-electron chi connectivity index (χ2n) is 6.31. The van der Waals surface area contributed by atoms with Crippen molar-refractivity contribution < 1.29 is 14.3 Å². The molecule has 1 saturated carbocycles. The molecule has 0 aromatic carbocycles. The van der Waals surface area contributed by atoms with Gasteiger partial charge in [0.25, 0.3) is 0 Å². The maximum atomic E-state index is 12.8. The fraction of sp³-hybridized carbons (Fsp3) is 0.875. The van der Waals surface area contributed by atoms with E-state index in [9.17, 15) is 9.59 Å². The summed E-state index contributed by atoms with van der Waals surface area (Å²) in [6.07, 6.45) is 5.65. The van der Waals surface area contributed by atoms with Gasteiger partial charge in [-0.15, -0.1) is 0 Å². The lowest BCUT2D eigenvalue weighted by Gasteiger charge is -2.43. The van der Waals surface area contributed by atoms with Gasteiger partial charge in [0, 0.05) is 6.61 Å². The van der Waals surface area contributed by atoms with Crippen LogP contribution in [0, 0.1) is 5.92 Å². The molecular formula is C16H28N2O3. The minimum atomic E-state index is -0.409. The standard InChI is InChI=1S/C16H28N2O3/c1-4-21-10-11(2)18-12(3)15(19)17-14(16(18)20)13-8-6-5-7-9-13/h11-14H,4-10H2,1-3H3,(H,17,19). The van der Waals surface area contributed by atoms with Crippen LogP contribution in [0.5, 0.6) is 0 Å². The molecule has 0 bridgehead atoms. The van der Waals surface area contributed by atoms with E-state index in [0.717, 1.165) is 25.7 Å². The smallest absolute Gasteiger partial charge is 0.246 e. The molecule has 3 unspecified atom stereocenters. The molecular weight excluding hydrogens is 268 g/mol. The zero-order chi connectivity index (χ0) is 15.4. The van der Waals surface area contributed by atoms with Crippen molar-refractivity contribution in [3.05, 3.63) is 0 Å². The van der Waals surface area contributed by atoms with Gasteiger partial charge in [0.1, 0.15) is 12.1 Å². The number of piperazine rings is 1. The van der Waals surface area contributed by atoms with Gasteiger partial charge in [0.05, 0.1) is 12.6 Å². The monoisotopic (exact) mass is 296 g/mol. The van der Waals surface area contributed by atoms with Crippen molar-refractivity contribution in [1.82, 2.24) is 10.2 Å². The van der Waals surface area contributed by atoms with Crippen LogP contribution in [-0.4, -0.2) is 48.1 Å². The van der Waals surface area contributed by atoms with Gasteiger partial charge in [-0.3, -0.25) is 9.59 Å². The molecule has 1 saturated heterocycles. The summed E-state index contributed by atoms with van der Waals surface area (Å²) in [7, 11) is 0. The summed E-state index contributed by atoms with van der Waals surface area (Å²) in [5.41, 5.74) is 0. The first-order valence-corrected chi connectivity index (χ1v) is 8.26. The Balaban J connectivity index is 2.10. The van der Waals surface area contributed by atoms with E-state index < -0.39 is 6.04 Å². The SMILES string of the molecule is CCOCC(C)N1C(=O)C(C2CCCCC2)NC(=O)C1C. The Bertz CT molecular complexity index is 380. The number of hydrogen-bond acceptors (Lipinski definition) is 3. The molecule has 1 heterocycles. The lowest BCUT2D eigenvalue weighted by Crippen LogP contribution is -2.66. The van der Waals surface area contributed by atoms with Gasteiger partial charge in [-0.25, -0.2) is 0 Å². The van der Waals surface area contributed by atoms with E-state index in [1.807, 2.05) is 13.8 Å². The molecule has 5 nitrogen and oxygen atoms in total. The molecule has 2 amide bonds. The van der Waals surface area contributed by atoms with Gasteiger partial charge in [0.15, 0.2) is 0 Å². The first-order valence-electron chi connectivity index (χ1n) is 8.26. The zero-order valence-electron chi connectivity index (χ0n) is 13.4. The van der Waals surface area contributed by atoms with Crippen LogP contribution in [0.4, 0.5) is 0 Å². The fourth-order valence-corrected chi connectivity index (χ4v) is 3.57. The second kappa shape index (κ2) is 7.25. The Labute approximate surface area is 127 Å². The highest BCUT2D eigenvalue weighted by Crippen LogP contribution is 2.29. The molecule has 21 heavy (non-hydrogen) atoms. The molecule has 0 spiro atoms. The van der Waals surface area contributed by atoms with Crippen molar-refractivity contribution >= 4 is 11.8 Å². The Hall–Kier alpha value is -1.10. The van der Waals surface area contributed by atoms with Crippen molar-refractivity contribution in [2.45, 2.75) is 71.0 Å². The van der Waals surface area contributed by atoms with Crippen molar-refractivity contribution in [3.63, 3.8) is 0 Å². The van der Waals surface area contributed by atoms with Crippen LogP contribution < -0.4 is 5.32 Å². The quantitative estimate of drug-likeness (QED) is 0.840. The molecule has 2 rings (SSSR count). The fourth-order valence-electron chi connectivity index (χ4n) is 3.57. The van der Waals surface area contributed by atoms with Crippen LogP contribution >= 0.6 is 0 Å². The lowest BCUT2D eigenvalue weighted by atomic mass is 9.82. The third-order valence-electron chi connectivity index (χ3n) is 4.77. The normalized spacial score (nSPS) is 29.4. The maximum absolute atomic E-state index is 12.8. The summed E-state index contributed by atoms with van der Waals surface area (Å²) in [5, 5.41) is 2.96. The third-order valence-corrected chi connectivity index (χ3v) is 4.77. The average molecular weight is 296 g/mol. The van der Waals surface area contributed by atoms with Gasteiger partial charge in [-0.2, -0.15) is 0 Å². The van der Waals surface area contributed by atoms with Crippen LogP contribution in [0.3, 0.4) is 0 Å². The van der Waals surface area contributed by atoms with Gasteiger partial charge in [-0.05, 0) is 39.5 Å². The van der Waals surface area contributed by atoms with E-state index in [2.05, 4.69) is 5.32 Å². The maximum Gasteiger partial charge on any atom is 0.246 e. The molecule has 2 fully saturated rings. The average Bonchev–Trinajstić information content (AvgIpc) is 2.50. The third kappa shape index (κ3) is 3.57. The summed E-state index contributed by atoms with van der Waals surface area (Å²) < 4.78 is 5.44. The van der Waals surface area contributed by atoms with Crippen molar-refractivity contribution in [2.75, 3.05) is 13.2 Å². The number of nitrogens with zero attached hydrogens (tertiary/aromatic N) is 1. The molecule has 0 aromatic heterocycles. The highest BCUT2D eigenvalue weighted by Gasteiger charge is 2.43. The predicted molar refractivity (Wildman–Crippen MR) is 80.8 cm³/mol. The number of hydrogen-bond donors (Lipinski definition) is 1. The number of amides is 2. The minimum Gasteiger partial charge on any atom is -0.380 e. The van der Waals surface area contributed by atoms with E-state index in [1.54, 1.807) is 11.8 Å². The van der Waals surface area contributed by atoms with E-state index in [1.165, 1.54) is 6.42 Å². The topological polar surface area (TPSA) is 58.6 Å². The van der Waals surface area contributed by atoms with Crippen LogP contribution in [0.2, 0.25) is 0 Å². The van der Waals surface area contributed by atoms with Crippen LogP contribution in [0.15, 0.2) is 0 Å². The first-order chi connectivity index (χ1) is 10.1. The molecule has 1 N–H and O–H groups in total. The summed E-state index contributed by atoms with van der Waals surface area (Å²) in [5.74, 6) is 0.333. The molecule has 5 heteroatoms. The molecule has 0 aromatic rings. The Morgan fingerprint density at radius 1 is 1.29 bits per heavy atom. The van der Waals surface area contributed by atoms with Gasteiger partial charge in [-0.1, -0.05) is 19.3 Å². The summed E-state index contributed by atoms with van der Waals surface area (Å²) >= 11 is 0. The highest BCUT2D eigenvalue weighted by molar-refractivity contribution is 5.97. The van der Waals surface area contributed by atoms with E-state index in [4.69, 9.17) is 4.74 Å². The first kappa shape index (κ1) is 16.3. The molecule has 0 radical (unpaired) electrons. The lowest BCUT2D eigenvalue weighted by molar-refractivity contribution is -0.154. The van der Waals surface area contributed by atoms with Gasteiger partial charge in [0.2, 0.25) is 11.8 Å². The minimum absolute atomic E-state index is 0.0338.